The molecule has 0 aliphatic rings. The molecule has 0 radical (unpaired) electrons. The van der Waals surface area contributed by atoms with Crippen LogP contribution in [0.25, 0.3) is 11.0 Å². The molecule has 0 aliphatic heterocycles. The van der Waals surface area contributed by atoms with Gasteiger partial charge in [0.25, 0.3) is 0 Å². The van der Waals surface area contributed by atoms with E-state index in [1.54, 1.807) is 6.33 Å². The molecule has 0 amide bonds. The minimum absolute atomic E-state index is 0.327. The summed E-state index contributed by atoms with van der Waals surface area (Å²) < 4.78 is 7.05. The summed E-state index contributed by atoms with van der Waals surface area (Å²) in [5, 5.41) is 0. The molecular weight excluding hydrogens is 216 g/mol. The number of nitrogens with zero attached hydrogens (tertiary/aromatic N) is 2. The van der Waals surface area contributed by atoms with Gasteiger partial charge in [-0.2, -0.15) is 0 Å². The predicted octanol–water partition coefficient (Wildman–Crippen LogP) is 2.49. The maximum absolute atomic E-state index is 10.8. The van der Waals surface area contributed by atoms with Crippen LogP contribution in [-0.2, 0) is 6.54 Å². The molecule has 1 aromatic carbocycles. The van der Waals surface area contributed by atoms with Gasteiger partial charge in [0.15, 0.2) is 12.0 Å². The van der Waals surface area contributed by atoms with Crippen LogP contribution in [0, 0.1) is 0 Å². The normalized spacial score (nSPS) is 10.8. The summed E-state index contributed by atoms with van der Waals surface area (Å²) in [5.74, 6) is 0.327. The molecule has 3 rings (SSSR count). The van der Waals surface area contributed by atoms with Gasteiger partial charge in [0.1, 0.15) is 17.3 Å². The summed E-state index contributed by atoms with van der Waals surface area (Å²) in [4.78, 5) is 15.0. The largest absolute Gasteiger partial charge is 0.457 e. The summed E-state index contributed by atoms with van der Waals surface area (Å²) in [6.07, 6.45) is 3.94. The van der Waals surface area contributed by atoms with Crippen LogP contribution in [0.2, 0.25) is 0 Å². The van der Waals surface area contributed by atoms with Crippen molar-refractivity contribution in [2.75, 3.05) is 0 Å². The molecule has 0 saturated carbocycles. The Kier molecular flexibility index (Phi) is 2.26. The highest BCUT2D eigenvalue weighted by atomic mass is 16.3. The maximum Gasteiger partial charge on any atom is 0.192 e. The van der Waals surface area contributed by atoms with E-state index in [1.807, 2.05) is 34.9 Å². The van der Waals surface area contributed by atoms with Gasteiger partial charge in [-0.3, -0.25) is 4.79 Å². The highest BCUT2D eigenvalue weighted by Crippen LogP contribution is 2.19. The zero-order valence-electron chi connectivity index (χ0n) is 9.04. The number of carbonyl (C=O) groups is 1. The van der Waals surface area contributed by atoms with Crippen LogP contribution in [0.1, 0.15) is 16.1 Å². The second-order valence-corrected chi connectivity index (χ2v) is 3.81. The third-order valence-electron chi connectivity index (χ3n) is 2.70. The molecule has 0 N–H and O–H groups in total. The number of aldehydes is 1. The van der Waals surface area contributed by atoms with Gasteiger partial charge in [0.05, 0.1) is 6.33 Å². The summed E-state index contributed by atoms with van der Waals surface area (Å²) in [5.41, 5.74) is 2.62. The van der Waals surface area contributed by atoms with Gasteiger partial charge in [-0.1, -0.05) is 30.3 Å². The number of carbonyl (C=O) groups excluding carboxylic acids is 1. The average molecular weight is 226 g/mol. The number of benzene rings is 1. The SMILES string of the molecule is O=Cc1occ2ncn(Cc3ccccc3)c12. The molecule has 4 nitrogen and oxygen atoms in total. The fraction of sp³-hybridized carbons (Fsp3) is 0.0769. The predicted molar refractivity (Wildman–Crippen MR) is 62.9 cm³/mol. The van der Waals surface area contributed by atoms with E-state index in [4.69, 9.17) is 4.42 Å². The highest BCUT2D eigenvalue weighted by molar-refractivity contribution is 5.91. The van der Waals surface area contributed by atoms with Gasteiger partial charge in [-0.15, -0.1) is 0 Å². The summed E-state index contributed by atoms with van der Waals surface area (Å²) >= 11 is 0. The van der Waals surface area contributed by atoms with Gasteiger partial charge in [-0.25, -0.2) is 4.98 Å². The molecule has 0 bridgehead atoms. The standard InChI is InChI=1S/C13H10N2O2/c16-7-12-13-11(8-17-12)14-9-15(13)6-10-4-2-1-3-5-10/h1-5,7-9H,6H2. The van der Waals surface area contributed by atoms with E-state index in [0.717, 1.165) is 11.1 Å². The Balaban J connectivity index is 2.06. The third kappa shape index (κ3) is 1.63. The lowest BCUT2D eigenvalue weighted by Gasteiger charge is -2.03. The molecule has 3 aromatic rings. The molecule has 0 spiro atoms. The molecule has 84 valence electrons. The van der Waals surface area contributed by atoms with E-state index in [2.05, 4.69) is 4.98 Å². The van der Waals surface area contributed by atoms with E-state index in [9.17, 15) is 4.79 Å². The molecule has 0 aliphatic carbocycles. The van der Waals surface area contributed by atoms with Crippen LogP contribution in [-0.4, -0.2) is 15.8 Å². The second kappa shape index (κ2) is 3.90. The Morgan fingerprint density at radius 1 is 1.29 bits per heavy atom. The molecule has 2 heterocycles. The molecule has 0 saturated heterocycles. The lowest BCUT2D eigenvalue weighted by atomic mass is 10.2. The van der Waals surface area contributed by atoms with Crippen LogP contribution in [0.15, 0.2) is 47.3 Å². The minimum atomic E-state index is 0.327. The quantitative estimate of drug-likeness (QED) is 0.644. The first-order valence-corrected chi connectivity index (χ1v) is 5.30. The number of rotatable bonds is 3. The Hall–Kier alpha value is -2.36. The Morgan fingerprint density at radius 3 is 2.88 bits per heavy atom. The summed E-state index contributed by atoms with van der Waals surface area (Å²) in [6, 6.07) is 10.0. The number of fused-ring (bicyclic) bond motifs is 1. The van der Waals surface area contributed by atoms with Crippen LogP contribution in [0.3, 0.4) is 0 Å². The van der Waals surface area contributed by atoms with Crippen molar-refractivity contribution in [2.24, 2.45) is 0 Å². The second-order valence-electron chi connectivity index (χ2n) is 3.81. The fourth-order valence-corrected chi connectivity index (χ4v) is 1.91. The molecular formula is C13H10N2O2. The number of hydrogen-bond donors (Lipinski definition) is 0. The van der Waals surface area contributed by atoms with Crippen LogP contribution in [0.5, 0.6) is 0 Å². The van der Waals surface area contributed by atoms with E-state index >= 15 is 0 Å². The van der Waals surface area contributed by atoms with Crippen molar-refractivity contribution < 1.29 is 9.21 Å². The lowest BCUT2D eigenvalue weighted by Crippen LogP contribution is -1.98. The topological polar surface area (TPSA) is 48.0 Å². The van der Waals surface area contributed by atoms with E-state index in [1.165, 1.54) is 6.26 Å². The van der Waals surface area contributed by atoms with Crippen LogP contribution < -0.4 is 0 Å². The van der Waals surface area contributed by atoms with Crippen molar-refractivity contribution >= 4 is 17.3 Å². The minimum Gasteiger partial charge on any atom is -0.457 e. The summed E-state index contributed by atoms with van der Waals surface area (Å²) in [6.45, 7) is 0.678. The highest BCUT2D eigenvalue weighted by Gasteiger charge is 2.11. The third-order valence-corrected chi connectivity index (χ3v) is 2.70. The molecule has 2 aromatic heterocycles. The molecule has 17 heavy (non-hydrogen) atoms. The first kappa shape index (κ1) is 9.84. The monoisotopic (exact) mass is 226 g/mol. The van der Waals surface area contributed by atoms with Crippen molar-refractivity contribution in [3.05, 3.63) is 54.2 Å². The first-order chi connectivity index (χ1) is 8.38. The number of hydrogen-bond acceptors (Lipinski definition) is 3. The maximum atomic E-state index is 10.8. The lowest BCUT2D eigenvalue weighted by molar-refractivity contribution is 0.110. The molecule has 4 heteroatoms. The summed E-state index contributed by atoms with van der Waals surface area (Å²) in [7, 11) is 0. The van der Waals surface area contributed by atoms with Crippen molar-refractivity contribution in [2.45, 2.75) is 6.54 Å². The van der Waals surface area contributed by atoms with Crippen molar-refractivity contribution in [3.63, 3.8) is 0 Å². The zero-order valence-corrected chi connectivity index (χ0v) is 9.04. The Morgan fingerprint density at radius 2 is 2.12 bits per heavy atom. The number of furan rings is 1. The van der Waals surface area contributed by atoms with Crippen molar-refractivity contribution in [3.8, 4) is 0 Å². The number of aromatic nitrogens is 2. The van der Waals surface area contributed by atoms with Crippen molar-refractivity contribution in [1.29, 1.82) is 0 Å². The van der Waals surface area contributed by atoms with Gasteiger partial charge in [0, 0.05) is 6.54 Å². The fourth-order valence-electron chi connectivity index (χ4n) is 1.91. The van der Waals surface area contributed by atoms with Gasteiger partial charge in [-0.05, 0) is 5.56 Å². The van der Waals surface area contributed by atoms with Crippen LogP contribution in [0.4, 0.5) is 0 Å². The van der Waals surface area contributed by atoms with E-state index < -0.39 is 0 Å². The smallest absolute Gasteiger partial charge is 0.192 e. The molecule has 0 atom stereocenters. The first-order valence-electron chi connectivity index (χ1n) is 5.30. The van der Waals surface area contributed by atoms with Gasteiger partial charge < -0.3 is 8.98 Å². The van der Waals surface area contributed by atoms with Crippen molar-refractivity contribution in [1.82, 2.24) is 9.55 Å². The van der Waals surface area contributed by atoms with E-state index in [0.29, 0.717) is 24.1 Å². The van der Waals surface area contributed by atoms with Gasteiger partial charge >= 0.3 is 0 Å². The molecule has 0 unspecified atom stereocenters. The molecule has 0 fully saturated rings. The van der Waals surface area contributed by atoms with Gasteiger partial charge in [0.2, 0.25) is 0 Å². The zero-order chi connectivity index (χ0) is 11.7. The average Bonchev–Trinajstić information content (AvgIpc) is 2.93. The van der Waals surface area contributed by atoms with Crippen LogP contribution >= 0.6 is 0 Å². The Labute approximate surface area is 97.5 Å². The number of imidazole rings is 1. The Bertz CT molecular complexity index is 652. The van der Waals surface area contributed by atoms with E-state index in [-0.39, 0.29) is 0 Å².